The van der Waals surface area contributed by atoms with Crippen molar-refractivity contribution in [1.29, 1.82) is 0 Å². The number of hydrogen-bond acceptors (Lipinski definition) is 6. The summed E-state index contributed by atoms with van der Waals surface area (Å²) in [5.74, 6) is -1.59. The van der Waals surface area contributed by atoms with Gasteiger partial charge in [0.2, 0.25) is 11.8 Å². The van der Waals surface area contributed by atoms with Crippen molar-refractivity contribution in [2.75, 3.05) is 13.1 Å². The minimum atomic E-state index is -1.26. The summed E-state index contributed by atoms with van der Waals surface area (Å²) in [5, 5.41) is 18.7. The Balaban J connectivity index is 0.000000510. The Kier molecular flexibility index (Phi) is 11.1. The molecule has 4 heterocycles. The normalized spacial score (nSPS) is 21.6. The molecule has 1 aromatic heterocycles. The van der Waals surface area contributed by atoms with E-state index in [-0.39, 0.29) is 29.6 Å². The van der Waals surface area contributed by atoms with Gasteiger partial charge in [0.05, 0.1) is 18.3 Å². The molecule has 0 saturated carbocycles. The lowest BCUT2D eigenvalue weighted by atomic mass is 9.94. The summed E-state index contributed by atoms with van der Waals surface area (Å²) in [6.45, 7) is 9.83. The van der Waals surface area contributed by atoms with Gasteiger partial charge in [-0.1, -0.05) is 26.0 Å². The van der Waals surface area contributed by atoms with Crippen LogP contribution in [0.5, 0.6) is 0 Å². The molecule has 1 aromatic carbocycles. The number of carboxylic acids is 2. The largest absolute Gasteiger partial charge is 0.478 e. The molecule has 3 N–H and O–H groups in total. The van der Waals surface area contributed by atoms with Gasteiger partial charge < -0.3 is 25.0 Å². The molecule has 2 amide bonds. The van der Waals surface area contributed by atoms with E-state index < -0.39 is 11.9 Å². The number of aryl methyl sites for hydroxylation is 1. The highest BCUT2D eigenvalue weighted by atomic mass is 19.1. The van der Waals surface area contributed by atoms with Gasteiger partial charge in [-0.2, -0.15) is 0 Å². The van der Waals surface area contributed by atoms with Gasteiger partial charge in [0.25, 0.3) is 0 Å². The van der Waals surface area contributed by atoms with Gasteiger partial charge in [-0.05, 0) is 56.7 Å². The van der Waals surface area contributed by atoms with Crippen LogP contribution in [0.1, 0.15) is 87.7 Å². The van der Waals surface area contributed by atoms with Crippen LogP contribution >= 0.6 is 0 Å². The molecular formula is C33H44FN5O6. The van der Waals surface area contributed by atoms with Crippen molar-refractivity contribution in [2.45, 2.75) is 96.9 Å². The lowest BCUT2D eigenvalue weighted by Gasteiger charge is -2.41. The molecule has 244 valence electrons. The third-order valence-electron chi connectivity index (χ3n) is 8.93. The minimum Gasteiger partial charge on any atom is -0.478 e. The number of nitrogens with one attached hydrogen (secondary N) is 1. The smallest absolute Gasteiger partial charge is 0.328 e. The first-order valence-corrected chi connectivity index (χ1v) is 15.6. The van der Waals surface area contributed by atoms with Gasteiger partial charge in [0.1, 0.15) is 11.6 Å². The first-order valence-electron chi connectivity index (χ1n) is 15.6. The highest BCUT2D eigenvalue weighted by molar-refractivity contribution is 5.89. The number of aliphatic carboxylic acids is 2. The Hall–Kier alpha value is -4.06. The number of carbonyl (C=O) groups excluding carboxylic acids is 2. The van der Waals surface area contributed by atoms with Crippen LogP contribution in [0.4, 0.5) is 4.39 Å². The number of benzene rings is 1. The second-order valence-electron chi connectivity index (χ2n) is 12.4. The number of halogens is 1. The van der Waals surface area contributed by atoms with Crippen LogP contribution in [0, 0.1) is 18.7 Å². The first-order chi connectivity index (χ1) is 21.3. The van der Waals surface area contributed by atoms with E-state index in [2.05, 4.69) is 21.7 Å². The number of piperidine rings is 1. The zero-order chi connectivity index (χ0) is 32.8. The summed E-state index contributed by atoms with van der Waals surface area (Å²) >= 11 is 0. The number of aromatic nitrogens is 2. The van der Waals surface area contributed by atoms with Crippen molar-refractivity contribution in [3.8, 4) is 0 Å². The van der Waals surface area contributed by atoms with Crippen molar-refractivity contribution in [3.63, 3.8) is 0 Å². The molecule has 3 atom stereocenters. The van der Waals surface area contributed by atoms with Crippen molar-refractivity contribution in [3.05, 3.63) is 65.0 Å². The van der Waals surface area contributed by atoms with E-state index in [0.717, 1.165) is 55.9 Å². The van der Waals surface area contributed by atoms with Crippen LogP contribution in [-0.4, -0.2) is 78.5 Å². The highest BCUT2D eigenvalue weighted by Gasteiger charge is 2.42. The molecule has 11 nitrogen and oxygen atoms in total. The number of nitrogens with zero attached hydrogens (tertiary/aromatic N) is 4. The number of rotatable bonds is 9. The highest BCUT2D eigenvalue weighted by Crippen LogP contribution is 2.43. The number of hydrogen-bond donors (Lipinski definition) is 3. The summed E-state index contributed by atoms with van der Waals surface area (Å²) in [4.78, 5) is 53.0. The third kappa shape index (κ3) is 8.56. The average Bonchev–Trinajstić information content (AvgIpc) is 3.43. The third-order valence-corrected chi connectivity index (χ3v) is 8.93. The molecule has 5 rings (SSSR count). The monoisotopic (exact) mass is 625 g/mol. The van der Waals surface area contributed by atoms with Gasteiger partial charge in [0.15, 0.2) is 0 Å². The van der Waals surface area contributed by atoms with Crippen LogP contribution in [0.15, 0.2) is 36.4 Å². The molecule has 2 bridgehead atoms. The standard InChI is InChI=1S/C29H40FN5O2.C4H4O4/c1-18(2)29(37)33-12-11-28-27(17-33)31-19(3)35(28)25-15-23-8-9-24(16-25)34(23)13-10-26(32-20(4)36)21-6-5-7-22(30)14-21;5-3(6)1-2-4(7)8/h5-7,14,18,23-26H,8-13,15-17H2,1-4H3,(H,32,36);1-2H,(H,5,6)(H,7,8)/b;2-1+/t23?,24?,25?,26-;/m0./s1. The molecular weight excluding hydrogens is 581 g/mol. The lowest BCUT2D eigenvalue weighted by molar-refractivity contribution is -0.135. The predicted molar refractivity (Wildman–Crippen MR) is 165 cm³/mol. The van der Waals surface area contributed by atoms with Crippen LogP contribution in [0.25, 0.3) is 0 Å². The summed E-state index contributed by atoms with van der Waals surface area (Å²) in [5.41, 5.74) is 3.21. The molecule has 45 heavy (non-hydrogen) atoms. The Bertz CT molecular complexity index is 1410. The first kappa shape index (κ1) is 33.8. The molecule has 3 aliphatic rings. The molecule has 2 unspecified atom stereocenters. The summed E-state index contributed by atoms with van der Waals surface area (Å²) in [7, 11) is 0. The van der Waals surface area contributed by atoms with Crippen LogP contribution < -0.4 is 5.32 Å². The number of carboxylic acid groups (broad SMARTS) is 2. The predicted octanol–water partition coefficient (Wildman–Crippen LogP) is 4.02. The van der Waals surface area contributed by atoms with Gasteiger partial charge in [0, 0.05) is 68.3 Å². The van der Waals surface area contributed by atoms with Crippen LogP contribution in [0.2, 0.25) is 0 Å². The lowest BCUT2D eigenvalue weighted by Crippen LogP contribution is -2.45. The minimum absolute atomic E-state index is 0.0100. The second-order valence-corrected chi connectivity index (χ2v) is 12.4. The van der Waals surface area contributed by atoms with E-state index in [1.165, 1.54) is 37.6 Å². The van der Waals surface area contributed by atoms with Crippen molar-refractivity contribution in [2.24, 2.45) is 5.92 Å². The SMILES string of the molecule is CC(=O)N[C@@H](CCN1C2CCC1CC(n1c(C)nc3c1CCN(C(=O)C(C)C)C3)C2)c1cccc(F)c1.O=C(O)/C=C/C(=O)O. The number of carbonyl (C=O) groups is 4. The maximum absolute atomic E-state index is 13.9. The Labute approximate surface area is 263 Å². The van der Waals surface area contributed by atoms with Crippen LogP contribution in [0.3, 0.4) is 0 Å². The molecule has 2 fully saturated rings. The Morgan fingerprint density at radius 3 is 2.27 bits per heavy atom. The van der Waals surface area contributed by atoms with Gasteiger partial charge in [-0.25, -0.2) is 19.0 Å². The van der Waals surface area contributed by atoms with E-state index >= 15 is 0 Å². The zero-order valence-corrected chi connectivity index (χ0v) is 26.4. The summed E-state index contributed by atoms with van der Waals surface area (Å²) < 4.78 is 16.4. The van der Waals surface area contributed by atoms with Crippen molar-refractivity contribution in [1.82, 2.24) is 24.7 Å². The number of fused-ring (bicyclic) bond motifs is 3. The molecule has 2 aromatic rings. The van der Waals surface area contributed by atoms with Gasteiger partial charge in [-0.3, -0.25) is 14.5 Å². The Morgan fingerprint density at radius 1 is 1.07 bits per heavy atom. The zero-order valence-electron chi connectivity index (χ0n) is 26.4. The average molecular weight is 626 g/mol. The van der Waals surface area contributed by atoms with E-state index in [0.29, 0.717) is 36.8 Å². The number of imidazole rings is 1. The Morgan fingerprint density at radius 2 is 1.71 bits per heavy atom. The fourth-order valence-corrected chi connectivity index (χ4v) is 7.11. The van der Waals surface area contributed by atoms with E-state index in [1.54, 1.807) is 6.07 Å². The van der Waals surface area contributed by atoms with Crippen molar-refractivity contribution < 1.29 is 33.8 Å². The molecule has 12 heteroatoms. The molecule has 3 aliphatic heterocycles. The van der Waals surface area contributed by atoms with Crippen LogP contribution in [-0.2, 0) is 32.1 Å². The van der Waals surface area contributed by atoms with E-state index in [9.17, 15) is 23.6 Å². The quantitative estimate of drug-likeness (QED) is 0.355. The maximum Gasteiger partial charge on any atom is 0.328 e. The fraction of sp³-hybridized carbons (Fsp3) is 0.545. The second kappa shape index (κ2) is 14.8. The molecule has 0 radical (unpaired) electrons. The van der Waals surface area contributed by atoms with Crippen molar-refractivity contribution >= 4 is 23.8 Å². The van der Waals surface area contributed by atoms with Gasteiger partial charge in [-0.15, -0.1) is 0 Å². The van der Waals surface area contributed by atoms with Gasteiger partial charge >= 0.3 is 11.9 Å². The van der Waals surface area contributed by atoms with E-state index in [1.807, 2.05) is 24.8 Å². The molecule has 2 saturated heterocycles. The maximum atomic E-state index is 13.9. The number of amides is 2. The summed E-state index contributed by atoms with van der Waals surface area (Å²) in [6, 6.07) is 7.84. The summed E-state index contributed by atoms with van der Waals surface area (Å²) in [6.07, 6.45) is 7.33. The topological polar surface area (TPSA) is 145 Å². The van der Waals surface area contributed by atoms with E-state index in [4.69, 9.17) is 15.2 Å². The molecule has 0 spiro atoms. The molecule has 0 aliphatic carbocycles. The fourth-order valence-electron chi connectivity index (χ4n) is 7.11.